The van der Waals surface area contributed by atoms with E-state index in [4.69, 9.17) is 37.7 Å². The predicted octanol–water partition coefficient (Wildman–Crippen LogP) is 8.31. The first kappa shape index (κ1) is 33.3. The standard InChI is InChI=1S/C36H27BrCl2N2O4S2/c1-3-44-35(43)31-32(22-7-5-4-6-8-22)40-36-41(33(31)23-11-14-26(46-2)15-12-23)34(42)30(47-36)18-21-9-16-29(27(37)17-21)45-20-24-10-13-25(38)19-28(24)39/h4-19,33H,3,20H2,1-2H3/b30-18-/t33-/m0/s1. The number of halogens is 3. The van der Waals surface area contributed by atoms with E-state index in [1.165, 1.54) is 11.3 Å². The van der Waals surface area contributed by atoms with Crippen LogP contribution in [0.1, 0.15) is 35.2 Å². The van der Waals surface area contributed by atoms with Crippen molar-refractivity contribution in [2.45, 2.75) is 24.5 Å². The van der Waals surface area contributed by atoms with E-state index in [9.17, 15) is 9.59 Å². The molecule has 4 aromatic carbocycles. The minimum Gasteiger partial charge on any atom is -0.488 e. The van der Waals surface area contributed by atoms with Gasteiger partial charge in [-0.1, -0.05) is 89.1 Å². The van der Waals surface area contributed by atoms with E-state index in [0.29, 0.717) is 40.9 Å². The minimum atomic E-state index is -0.735. The number of carbonyl (C=O) groups is 1. The van der Waals surface area contributed by atoms with Gasteiger partial charge in [0.2, 0.25) is 0 Å². The summed E-state index contributed by atoms with van der Waals surface area (Å²) in [6.45, 7) is 2.21. The smallest absolute Gasteiger partial charge is 0.338 e. The fourth-order valence-corrected chi connectivity index (χ4v) is 7.59. The van der Waals surface area contributed by atoms with Crippen LogP contribution in [-0.2, 0) is 16.1 Å². The summed E-state index contributed by atoms with van der Waals surface area (Å²) in [5, 5.41) is 1.09. The molecule has 0 unspecified atom stereocenters. The predicted molar refractivity (Wildman–Crippen MR) is 194 cm³/mol. The van der Waals surface area contributed by atoms with Crippen LogP contribution in [0, 0.1) is 0 Å². The van der Waals surface area contributed by atoms with Gasteiger partial charge in [0.15, 0.2) is 4.80 Å². The molecule has 0 radical (unpaired) electrons. The zero-order chi connectivity index (χ0) is 33.1. The van der Waals surface area contributed by atoms with Crippen LogP contribution in [0.25, 0.3) is 11.8 Å². The molecule has 0 fully saturated rings. The minimum absolute atomic E-state index is 0.189. The van der Waals surface area contributed by atoms with Crippen molar-refractivity contribution in [1.29, 1.82) is 0 Å². The van der Waals surface area contributed by atoms with Crippen molar-refractivity contribution in [2.75, 3.05) is 12.9 Å². The number of esters is 1. The fourth-order valence-electron chi connectivity index (χ4n) is 5.21. The molecular weight excluding hydrogens is 739 g/mol. The second-order valence-corrected chi connectivity index (χ2v) is 14.0. The number of fused-ring (bicyclic) bond motifs is 1. The average molecular weight is 767 g/mol. The third-order valence-electron chi connectivity index (χ3n) is 7.46. The monoisotopic (exact) mass is 764 g/mol. The van der Waals surface area contributed by atoms with Crippen molar-refractivity contribution in [3.8, 4) is 5.75 Å². The molecule has 0 aliphatic carbocycles. The molecule has 0 N–H and O–H groups in total. The zero-order valence-corrected chi connectivity index (χ0v) is 29.9. The maximum absolute atomic E-state index is 14.2. The molecule has 1 aromatic heterocycles. The number of rotatable bonds is 9. The van der Waals surface area contributed by atoms with Crippen molar-refractivity contribution in [3.05, 3.63) is 153 Å². The van der Waals surface area contributed by atoms with Crippen LogP contribution >= 0.6 is 62.2 Å². The van der Waals surface area contributed by atoms with Gasteiger partial charge in [-0.05, 0) is 82.7 Å². The van der Waals surface area contributed by atoms with E-state index >= 15 is 0 Å². The highest BCUT2D eigenvalue weighted by molar-refractivity contribution is 9.10. The van der Waals surface area contributed by atoms with Crippen LogP contribution in [0.4, 0.5) is 0 Å². The van der Waals surface area contributed by atoms with E-state index < -0.39 is 12.0 Å². The first-order chi connectivity index (χ1) is 22.8. The summed E-state index contributed by atoms with van der Waals surface area (Å²) in [4.78, 5) is 34.3. The number of aromatic nitrogens is 1. The van der Waals surface area contributed by atoms with E-state index in [0.717, 1.165) is 27.1 Å². The first-order valence-electron chi connectivity index (χ1n) is 14.6. The Kier molecular flexibility index (Phi) is 10.4. The Morgan fingerprint density at radius 3 is 2.49 bits per heavy atom. The summed E-state index contributed by atoms with van der Waals surface area (Å²) in [5.41, 5.74) is 3.69. The van der Waals surface area contributed by atoms with Crippen LogP contribution < -0.4 is 19.6 Å². The second-order valence-electron chi connectivity index (χ2n) is 10.4. The average Bonchev–Trinajstić information content (AvgIpc) is 3.38. The Hall–Kier alpha value is -3.60. The van der Waals surface area contributed by atoms with Gasteiger partial charge in [-0.3, -0.25) is 9.36 Å². The van der Waals surface area contributed by atoms with Gasteiger partial charge in [-0.25, -0.2) is 9.79 Å². The summed E-state index contributed by atoms with van der Waals surface area (Å²) in [6, 6.07) is 27.5. The summed E-state index contributed by atoms with van der Waals surface area (Å²) in [5.74, 6) is 0.109. The largest absolute Gasteiger partial charge is 0.488 e. The number of hydrogen-bond donors (Lipinski definition) is 0. The molecule has 11 heteroatoms. The van der Waals surface area contributed by atoms with Crippen molar-refractivity contribution in [1.82, 2.24) is 4.57 Å². The molecule has 0 saturated carbocycles. The van der Waals surface area contributed by atoms with Crippen molar-refractivity contribution in [3.63, 3.8) is 0 Å². The van der Waals surface area contributed by atoms with Crippen LogP contribution in [-0.4, -0.2) is 23.4 Å². The zero-order valence-electron chi connectivity index (χ0n) is 25.2. The number of benzene rings is 4. The van der Waals surface area contributed by atoms with Gasteiger partial charge in [0.25, 0.3) is 5.56 Å². The highest BCUT2D eigenvalue weighted by atomic mass is 79.9. The lowest BCUT2D eigenvalue weighted by Gasteiger charge is -2.26. The molecule has 6 nitrogen and oxygen atoms in total. The van der Waals surface area contributed by atoms with E-state index in [1.54, 1.807) is 35.4 Å². The van der Waals surface area contributed by atoms with E-state index in [-0.39, 0.29) is 18.8 Å². The quantitative estimate of drug-likeness (QED) is 0.112. The Morgan fingerprint density at radius 2 is 1.81 bits per heavy atom. The Morgan fingerprint density at radius 1 is 1.04 bits per heavy atom. The van der Waals surface area contributed by atoms with E-state index in [1.807, 2.05) is 91.2 Å². The number of hydrogen-bond acceptors (Lipinski definition) is 7. The molecule has 0 amide bonds. The maximum atomic E-state index is 14.2. The molecule has 2 heterocycles. The highest BCUT2D eigenvalue weighted by Crippen LogP contribution is 2.36. The third-order valence-corrected chi connectivity index (χ3v) is 10.4. The number of ether oxygens (including phenoxy) is 2. The normalized spacial score (nSPS) is 14.5. The van der Waals surface area contributed by atoms with Crippen molar-refractivity contribution >= 4 is 80.0 Å². The molecule has 238 valence electrons. The summed E-state index contributed by atoms with van der Waals surface area (Å²) < 4.78 is 14.4. The van der Waals surface area contributed by atoms with Gasteiger partial charge in [0.05, 0.1) is 32.9 Å². The van der Waals surface area contributed by atoms with Gasteiger partial charge in [0.1, 0.15) is 12.4 Å². The van der Waals surface area contributed by atoms with Crippen LogP contribution in [0.15, 0.2) is 116 Å². The number of thiazole rings is 1. The molecule has 47 heavy (non-hydrogen) atoms. The van der Waals surface area contributed by atoms with Crippen LogP contribution in [0.3, 0.4) is 0 Å². The Bertz CT molecular complexity index is 2180. The summed E-state index contributed by atoms with van der Waals surface area (Å²) in [6.07, 6.45) is 3.82. The van der Waals surface area contributed by atoms with Gasteiger partial charge >= 0.3 is 5.97 Å². The number of thioether (sulfide) groups is 1. The number of nitrogens with zero attached hydrogens (tertiary/aromatic N) is 2. The molecule has 5 aromatic rings. The SMILES string of the molecule is CCOC(=O)C1=C(c2ccccc2)N=c2s/c(=C\c3ccc(OCc4ccc(Cl)cc4Cl)c(Br)c3)c(=O)n2[C@H]1c1ccc(SC)cc1. The topological polar surface area (TPSA) is 69.9 Å². The molecular formula is C36H27BrCl2N2O4S2. The molecule has 6 rings (SSSR count). The van der Waals surface area contributed by atoms with Crippen molar-refractivity contribution < 1.29 is 14.3 Å². The van der Waals surface area contributed by atoms with Crippen LogP contribution in [0.2, 0.25) is 10.0 Å². The lowest BCUT2D eigenvalue weighted by molar-refractivity contribution is -0.138. The van der Waals surface area contributed by atoms with Gasteiger partial charge in [-0.2, -0.15) is 0 Å². The first-order valence-corrected chi connectivity index (χ1v) is 18.1. The lowest BCUT2D eigenvalue weighted by Crippen LogP contribution is -2.40. The van der Waals surface area contributed by atoms with E-state index in [2.05, 4.69) is 15.9 Å². The molecule has 1 atom stereocenters. The fraction of sp³-hybridized carbons (Fsp3) is 0.139. The van der Waals surface area contributed by atoms with Gasteiger partial charge in [0, 0.05) is 26.1 Å². The second kappa shape index (κ2) is 14.7. The summed E-state index contributed by atoms with van der Waals surface area (Å²) in [7, 11) is 0. The third kappa shape index (κ3) is 7.15. The molecule has 0 saturated heterocycles. The van der Waals surface area contributed by atoms with Crippen LogP contribution in [0.5, 0.6) is 5.75 Å². The number of carbonyl (C=O) groups excluding carboxylic acids is 1. The Balaban J connectivity index is 1.44. The Labute approximate surface area is 298 Å². The van der Waals surface area contributed by atoms with Gasteiger partial charge in [-0.15, -0.1) is 11.8 Å². The highest BCUT2D eigenvalue weighted by Gasteiger charge is 2.35. The maximum Gasteiger partial charge on any atom is 0.338 e. The molecule has 0 bridgehead atoms. The van der Waals surface area contributed by atoms with Crippen molar-refractivity contribution in [2.24, 2.45) is 4.99 Å². The van der Waals surface area contributed by atoms with Gasteiger partial charge < -0.3 is 9.47 Å². The lowest BCUT2D eigenvalue weighted by atomic mass is 9.93. The molecule has 0 spiro atoms. The molecule has 1 aliphatic heterocycles. The summed E-state index contributed by atoms with van der Waals surface area (Å²) >= 11 is 18.8. The molecule has 1 aliphatic rings.